The maximum atomic E-state index is 12.8. The van der Waals surface area contributed by atoms with Crippen molar-refractivity contribution in [2.24, 2.45) is 0 Å². The number of pyridine rings is 1. The van der Waals surface area contributed by atoms with Gasteiger partial charge < -0.3 is 9.88 Å². The second kappa shape index (κ2) is 7.01. The molecule has 0 saturated heterocycles. The molecule has 1 aromatic heterocycles. The van der Waals surface area contributed by atoms with Gasteiger partial charge in [0, 0.05) is 22.1 Å². The van der Waals surface area contributed by atoms with Gasteiger partial charge in [0.25, 0.3) is 11.5 Å². The first kappa shape index (κ1) is 16.5. The Morgan fingerprint density at radius 3 is 2.58 bits per heavy atom. The Labute approximate surface area is 148 Å². The summed E-state index contributed by atoms with van der Waals surface area (Å²) in [5.41, 5.74) is 1.81. The van der Waals surface area contributed by atoms with E-state index < -0.39 is 0 Å². The molecule has 1 heterocycles. The maximum absolute atomic E-state index is 12.8. The molecule has 1 N–H and O–H groups in total. The highest BCUT2D eigenvalue weighted by atomic mass is 79.9. The van der Waals surface area contributed by atoms with Gasteiger partial charge in [-0.3, -0.25) is 9.59 Å². The number of aromatic amines is 1. The molecule has 0 unspecified atom stereocenters. The lowest BCUT2D eigenvalue weighted by atomic mass is 10.1. The summed E-state index contributed by atoms with van der Waals surface area (Å²) in [6.45, 7) is 2.70. The van der Waals surface area contributed by atoms with Gasteiger partial charge in [-0.15, -0.1) is 0 Å². The summed E-state index contributed by atoms with van der Waals surface area (Å²) in [7, 11) is 0. The van der Waals surface area contributed by atoms with Crippen molar-refractivity contribution in [3.05, 3.63) is 80.6 Å². The van der Waals surface area contributed by atoms with Crippen LogP contribution in [0.1, 0.15) is 22.8 Å². The molecule has 0 saturated carbocycles. The highest BCUT2D eigenvalue weighted by Crippen LogP contribution is 2.19. The number of hydrogen-bond donors (Lipinski definition) is 1. The number of nitrogens with one attached hydrogen (secondary N) is 1. The molecule has 0 radical (unpaired) electrons. The third kappa shape index (κ3) is 3.26. The Morgan fingerprint density at radius 2 is 1.83 bits per heavy atom. The minimum atomic E-state index is -0.160. The van der Waals surface area contributed by atoms with Crippen LogP contribution in [0.2, 0.25) is 0 Å². The van der Waals surface area contributed by atoms with Crippen LogP contribution in [0.3, 0.4) is 0 Å². The summed E-state index contributed by atoms with van der Waals surface area (Å²) >= 11 is 3.41. The molecule has 0 aliphatic rings. The molecule has 3 rings (SSSR count). The number of fused-ring (bicyclic) bond motifs is 1. The van der Waals surface area contributed by atoms with Crippen LogP contribution in [0.15, 0.2) is 63.9 Å². The molecule has 4 nitrogen and oxygen atoms in total. The lowest BCUT2D eigenvalue weighted by molar-refractivity contribution is 0.0751. The highest BCUT2D eigenvalue weighted by molar-refractivity contribution is 9.10. The van der Waals surface area contributed by atoms with Crippen molar-refractivity contribution >= 4 is 32.7 Å². The molecular weight excluding hydrogens is 368 g/mol. The van der Waals surface area contributed by atoms with Crippen LogP contribution >= 0.6 is 15.9 Å². The highest BCUT2D eigenvalue weighted by Gasteiger charge is 2.18. The Kier molecular flexibility index (Phi) is 4.81. The van der Waals surface area contributed by atoms with Crippen LogP contribution in [-0.4, -0.2) is 22.3 Å². The zero-order valence-electron chi connectivity index (χ0n) is 13.3. The smallest absolute Gasteiger partial charge is 0.255 e. The van der Waals surface area contributed by atoms with Crippen molar-refractivity contribution in [2.45, 2.75) is 13.5 Å². The number of carbonyl (C=O) groups excluding carboxylic acids is 1. The first-order valence-corrected chi connectivity index (χ1v) is 8.54. The molecule has 0 aliphatic heterocycles. The van der Waals surface area contributed by atoms with Crippen LogP contribution < -0.4 is 5.56 Å². The standard InChI is InChI=1S/C19H17BrN2O2/c1-2-22(19(24)15-8-4-5-9-16(15)20)12-14-11-13-7-3-6-10-17(13)21-18(14)23/h3-11H,2,12H2,1H3,(H,21,23). The molecule has 0 fully saturated rings. The molecule has 2 aromatic carbocycles. The number of carbonyl (C=O) groups is 1. The second-order valence-electron chi connectivity index (χ2n) is 5.51. The molecule has 0 bridgehead atoms. The SMILES string of the molecule is CCN(Cc1cc2ccccc2[nH]c1=O)C(=O)c1ccccc1Br. The van der Waals surface area contributed by atoms with Crippen LogP contribution in [0.25, 0.3) is 10.9 Å². The fraction of sp³-hybridized carbons (Fsp3) is 0.158. The van der Waals surface area contributed by atoms with Crippen molar-refractivity contribution in [3.8, 4) is 0 Å². The Balaban J connectivity index is 1.93. The fourth-order valence-electron chi connectivity index (χ4n) is 2.65. The first-order chi connectivity index (χ1) is 11.6. The van der Waals surface area contributed by atoms with E-state index >= 15 is 0 Å². The summed E-state index contributed by atoms with van der Waals surface area (Å²) in [6, 6.07) is 16.8. The van der Waals surface area contributed by atoms with E-state index in [0.717, 1.165) is 15.4 Å². The normalized spacial score (nSPS) is 10.8. The van der Waals surface area contributed by atoms with Gasteiger partial charge in [0.2, 0.25) is 0 Å². The number of para-hydroxylation sites is 1. The summed E-state index contributed by atoms with van der Waals surface area (Å²) in [5, 5.41) is 0.955. The molecule has 5 heteroatoms. The van der Waals surface area contributed by atoms with Crippen molar-refractivity contribution < 1.29 is 4.79 Å². The molecule has 122 valence electrons. The van der Waals surface area contributed by atoms with E-state index in [0.29, 0.717) is 17.7 Å². The van der Waals surface area contributed by atoms with Gasteiger partial charge in [-0.05, 0) is 52.5 Å². The van der Waals surface area contributed by atoms with Crippen LogP contribution in [-0.2, 0) is 6.54 Å². The van der Waals surface area contributed by atoms with Gasteiger partial charge in [0.15, 0.2) is 0 Å². The predicted molar refractivity (Wildman–Crippen MR) is 99.1 cm³/mol. The molecule has 0 spiro atoms. The summed E-state index contributed by atoms with van der Waals surface area (Å²) in [6.07, 6.45) is 0. The van der Waals surface area contributed by atoms with Crippen LogP contribution in [0, 0.1) is 0 Å². The fourth-order valence-corrected chi connectivity index (χ4v) is 3.10. The van der Waals surface area contributed by atoms with Gasteiger partial charge >= 0.3 is 0 Å². The topological polar surface area (TPSA) is 53.2 Å². The van der Waals surface area contributed by atoms with Crippen molar-refractivity contribution in [1.29, 1.82) is 0 Å². The lowest BCUT2D eigenvalue weighted by Gasteiger charge is -2.21. The van der Waals surface area contributed by atoms with Gasteiger partial charge in [0.1, 0.15) is 0 Å². The quantitative estimate of drug-likeness (QED) is 0.740. The number of halogens is 1. The molecule has 24 heavy (non-hydrogen) atoms. The van der Waals surface area contributed by atoms with E-state index in [1.165, 1.54) is 0 Å². The van der Waals surface area contributed by atoms with E-state index in [-0.39, 0.29) is 18.0 Å². The monoisotopic (exact) mass is 384 g/mol. The van der Waals surface area contributed by atoms with Crippen molar-refractivity contribution in [2.75, 3.05) is 6.54 Å². The third-order valence-corrected chi connectivity index (χ3v) is 4.66. The average Bonchev–Trinajstić information content (AvgIpc) is 2.59. The number of amides is 1. The largest absolute Gasteiger partial charge is 0.334 e. The van der Waals surface area contributed by atoms with Gasteiger partial charge in [0.05, 0.1) is 12.1 Å². The predicted octanol–water partition coefficient (Wildman–Crippen LogP) is 3.95. The van der Waals surface area contributed by atoms with Gasteiger partial charge in [-0.25, -0.2) is 0 Å². The average molecular weight is 385 g/mol. The van der Waals surface area contributed by atoms with E-state index in [9.17, 15) is 9.59 Å². The van der Waals surface area contributed by atoms with Crippen LogP contribution in [0.5, 0.6) is 0 Å². The Morgan fingerprint density at radius 1 is 1.12 bits per heavy atom. The van der Waals surface area contributed by atoms with Crippen molar-refractivity contribution in [3.63, 3.8) is 0 Å². The number of H-pyrrole nitrogens is 1. The van der Waals surface area contributed by atoms with E-state index in [1.807, 2.05) is 55.5 Å². The zero-order valence-corrected chi connectivity index (χ0v) is 14.8. The lowest BCUT2D eigenvalue weighted by Crippen LogP contribution is -2.32. The minimum absolute atomic E-state index is 0.0995. The molecule has 3 aromatic rings. The molecule has 1 amide bonds. The summed E-state index contributed by atoms with van der Waals surface area (Å²) in [5.74, 6) is -0.0995. The number of hydrogen-bond acceptors (Lipinski definition) is 2. The van der Waals surface area contributed by atoms with Crippen molar-refractivity contribution in [1.82, 2.24) is 9.88 Å². The van der Waals surface area contributed by atoms with E-state index in [4.69, 9.17) is 0 Å². The Bertz CT molecular complexity index is 949. The maximum Gasteiger partial charge on any atom is 0.255 e. The van der Waals surface area contributed by atoms with E-state index in [2.05, 4.69) is 20.9 Å². The number of benzene rings is 2. The molecule has 0 atom stereocenters. The molecule has 0 aliphatic carbocycles. The van der Waals surface area contributed by atoms with Crippen LogP contribution in [0.4, 0.5) is 0 Å². The summed E-state index contributed by atoms with van der Waals surface area (Å²) in [4.78, 5) is 29.6. The number of nitrogens with zero attached hydrogens (tertiary/aromatic N) is 1. The van der Waals surface area contributed by atoms with E-state index in [1.54, 1.807) is 11.0 Å². The van der Waals surface area contributed by atoms with Gasteiger partial charge in [-0.1, -0.05) is 30.3 Å². The minimum Gasteiger partial charge on any atom is -0.334 e. The Hall–Kier alpha value is -2.40. The zero-order chi connectivity index (χ0) is 17.1. The number of aromatic nitrogens is 1. The third-order valence-electron chi connectivity index (χ3n) is 3.96. The first-order valence-electron chi connectivity index (χ1n) is 7.75. The second-order valence-corrected chi connectivity index (χ2v) is 6.36. The van der Waals surface area contributed by atoms with Gasteiger partial charge in [-0.2, -0.15) is 0 Å². The number of rotatable bonds is 4. The summed E-state index contributed by atoms with van der Waals surface area (Å²) < 4.78 is 0.751. The molecular formula is C19H17BrN2O2.